The maximum Gasteiger partial charge on any atom is 0.224 e. The predicted molar refractivity (Wildman–Crippen MR) is 105 cm³/mol. The van der Waals surface area contributed by atoms with E-state index < -0.39 is 0 Å². The van der Waals surface area contributed by atoms with E-state index >= 15 is 0 Å². The number of pyridine rings is 1. The number of nitrogens with two attached hydrogens (primary N) is 2. The van der Waals surface area contributed by atoms with E-state index in [1.165, 1.54) is 0 Å². The quantitative estimate of drug-likeness (QED) is 0.507. The van der Waals surface area contributed by atoms with E-state index in [1.54, 1.807) is 13.3 Å². The SMILES string of the molecule is COc1cnc2[nH]c(-c3nn(CC(C)(C)C)c4nc(N)nc(N)c34)cc2c1. The van der Waals surface area contributed by atoms with E-state index in [2.05, 4.69) is 40.7 Å². The van der Waals surface area contributed by atoms with Crippen LogP contribution in [0.3, 0.4) is 0 Å². The molecule has 0 aliphatic rings. The average Bonchev–Trinajstić information content (AvgIpc) is 3.14. The van der Waals surface area contributed by atoms with Crippen molar-refractivity contribution in [3.63, 3.8) is 0 Å². The van der Waals surface area contributed by atoms with Gasteiger partial charge in [-0.2, -0.15) is 15.1 Å². The molecule has 0 fully saturated rings. The van der Waals surface area contributed by atoms with Gasteiger partial charge in [-0.25, -0.2) is 9.67 Å². The number of H-pyrrole nitrogens is 1. The number of nitrogen functional groups attached to an aromatic ring is 2. The summed E-state index contributed by atoms with van der Waals surface area (Å²) in [5, 5.41) is 6.36. The van der Waals surface area contributed by atoms with Gasteiger partial charge in [-0.1, -0.05) is 20.8 Å². The molecule has 4 heterocycles. The summed E-state index contributed by atoms with van der Waals surface area (Å²) in [4.78, 5) is 16.2. The number of nitrogens with zero attached hydrogens (tertiary/aromatic N) is 5. The minimum absolute atomic E-state index is 0.0000639. The molecule has 0 amide bonds. The summed E-state index contributed by atoms with van der Waals surface area (Å²) in [5.41, 5.74) is 14.8. The van der Waals surface area contributed by atoms with Crippen LogP contribution in [-0.4, -0.2) is 36.8 Å². The highest BCUT2D eigenvalue weighted by atomic mass is 16.5. The number of ether oxygens (including phenoxy) is 1. The largest absolute Gasteiger partial charge is 0.495 e. The van der Waals surface area contributed by atoms with Crippen molar-refractivity contribution >= 4 is 33.8 Å². The molecule has 9 heteroatoms. The van der Waals surface area contributed by atoms with Crippen molar-refractivity contribution < 1.29 is 4.74 Å². The summed E-state index contributed by atoms with van der Waals surface area (Å²) in [6, 6.07) is 3.87. The molecule has 5 N–H and O–H groups in total. The van der Waals surface area contributed by atoms with Gasteiger partial charge in [0.1, 0.15) is 22.9 Å². The maximum atomic E-state index is 6.18. The van der Waals surface area contributed by atoms with Gasteiger partial charge >= 0.3 is 0 Å². The Labute approximate surface area is 155 Å². The van der Waals surface area contributed by atoms with Crippen LogP contribution in [0.5, 0.6) is 5.75 Å². The summed E-state index contributed by atoms with van der Waals surface area (Å²) < 4.78 is 7.08. The molecule has 0 atom stereocenters. The maximum absolute atomic E-state index is 6.18. The number of aromatic nitrogens is 6. The molecule has 4 rings (SSSR count). The highest BCUT2D eigenvalue weighted by Crippen LogP contribution is 2.33. The smallest absolute Gasteiger partial charge is 0.224 e. The molecule has 0 saturated heterocycles. The normalized spacial score (nSPS) is 12.1. The van der Waals surface area contributed by atoms with Crippen LogP contribution < -0.4 is 16.2 Å². The lowest BCUT2D eigenvalue weighted by atomic mass is 9.97. The van der Waals surface area contributed by atoms with Gasteiger partial charge in [0, 0.05) is 11.9 Å². The molecule has 0 aliphatic heterocycles. The van der Waals surface area contributed by atoms with Crippen LogP contribution in [0, 0.1) is 5.41 Å². The minimum Gasteiger partial charge on any atom is -0.495 e. The topological polar surface area (TPSA) is 134 Å². The van der Waals surface area contributed by atoms with Crippen molar-refractivity contribution in [2.45, 2.75) is 27.3 Å². The minimum atomic E-state index is 0.0000639. The number of fused-ring (bicyclic) bond motifs is 2. The molecule has 9 nitrogen and oxygen atoms in total. The van der Waals surface area contributed by atoms with Crippen molar-refractivity contribution in [3.05, 3.63) is 18.3 Å². The zero-order valence-corrected chi connectivity index (χ0v) is 15.7. The standard InChI is InChI=1S/C18H22N8O/c1-18(2,3)8-26-16-12(14(19)23-17(20)24-16)13(25-26)11-6-9-5-10(27-4)7-21-15(9)22-11/h5-7H,8H2,1-4H3,(H,21,22)(H4,19,20,23,24). The van der Waals surface area contributed by atoms with E-state index in [-0.39, 0.29) is 11.4 Å². The van der Waals surface area contributed by atoms with Crippen LogP contribution in [0.25, 0.3) is 33.5 Å². The van der Waals surface area contributed by atoms with E-state index in [4.69, 9.17) is 21.3 Å². The fraction of sp³-hybridized carbons (Fsp3) is 0.333. The summed E-state index contributed by atoms with van der Waals surface area (Å²) in [6.07, 6.45) is 1.66. The molecule has 4 aromatic rings. The van der Waals surface area contributed by atoms with Crippen LogP contribution in [0.2, 0.25) is 0 Å². The zero-order valence-electron chi connectivity index (χ0n) is 15.7. The highest BCUT2D eigenvalue weighted by Gasteiger charge is 2.22. The van der Waals surface area contributed by atoms with Gasteiger partial charge in [0.2, 0.25) is 5.95 Å². The molecule has 0 spiro atoms. The monoisotopic (exact) mass is 366 g/mol. The Bertz CT molecular complexity index is 1150. The molecular weight excluding hydrogens is 344 g/mol. The van der Waals surface area contributed by atoms with E-state index in [0.29, 0.717) is 34.8 Å². The number of aromatic amines is 1. The number of nitrogens with one attached hydrogen (secondary N) is 1. The Balaban J connectivity index is 1.96. The molecule has 0 aliphatic carbocycles. The van der Waals surface area contributed by atoms with Gasteiger partial charge in [-0.3, -0.25) is 0 Å². The third-order valence-electron chi connectivity index (χ3n) is 4.20. The summed E-state index contributed by atoms with van der Waals surface area (Å²) in [5.74, 6) is 1.12. The van der Waals surface area contributed by atoms with Gasteiger partial charge < -0.3 is 21.2 Å². The third kappa shape index (κ3) is 3.01. The number of anilines is 2. The number of methoxy groups -OCH3 is 1. The van der Waals surface area contributed by atoms with Gasteiger partial charge in [-0.05, 0) is 17.5 Å². The highest BCUT2D eigenvalue weighted by molar-refractivity contribution is 6.00. The van der Waals surface area contributed by atoms with E-state index in [1.807, 2.05) is 16.8 Å². The Morgan fingerprint density at radius 1 is 1.19 bits per heavy atom. The lowest BCUT2D eigenvalue weighted by molar-refractivity contribution is 0.330. The fourth-order valence-corrected chi connectivity index (χ4v) is 3.10. The average molecular weight is 366 g/mol. The predicted octanol–water partition coefficient (Wildman–Crippen LogP) is 2.59. The molecule has 140 valence electrons. The van der Waals surface area contributed by atoms with Crippen molar-refractivity contribution in [1.82, 2.24) is 29.7 Å². The van der Waals surface area contributed by atoms with Crippen LogP contribution in [0.4, 0.5) is 11.8 Å². The Morgan fingerprint density at radius 2 is 1.96 bits per heavy atom. The van der Waals surface area contributed by atoms with Crippen LogP contribution in [0.1, 0.15) is 20.8 Å². The fourth-order valence-electron chi connectivity index (χ4n) is 3.10. The lowest BCUT2D eigenvalue weighted by Gasteiger charge is -2.18. The Hall–Kier alpha value is -3.36. The van der Waals surface area contributed by atoms with Gasteiger partial charge in [0.05, 0.1) is 24.4 Å². The van der Waals surface area contributed by atoms with E-state index in [9.17, 15) is 0 Å². The van der Waals surface area contributed by atoms with Gasteiger partial charge in [0.25, 0.3) is 0 Å². The van der Waals surface area contributed by atoms with E-state index in [0.717, 1.165) is 16.7 Å². The number of rotatable bonds is 3. The van der Waals surface area contributed by atoms with Gasteiger partial charge in [-0.15, -0.1) is 0 Å². The summed E-state index contributed by atoms with van der Waals surface area (Å²) >= 11 is 0. The second-order valence-electron chi connectivity index (χ2n) is 7.73. The number of hydrogen-bond acceptors (Lipinski definition) is 7. The molecule has 0 aromatic carbocycles. The molecule has 0 bridgehead atoms. The molecule has 0 unspecified atom stereocenters. The lowest BCUT2D eigenvalue weighted by Crippen LogP contribution is -2.17. The number of hydrogen-bond donors (Lipinski definition) is 3. The first-order chi connectivity index (χ1) is 12.7. The first-order valence-electron chi connectivity index (χ1n) is 8.58. The third-order valence-corrected chi connectivity index (χ3v) is 4.20. The summed E-state index contributed by atoms with van der Waals surface area (Å²) in [6.45, 7) is 7.05. The van der Waals surface area contributed by atoms with Crippen molar-refractivity contribution in [1.29, 1.82) is 0 Å². The molecular formula is C18H22N8O. The summed E-state index contributed by atoms with van der Waals surface area (Å²) in [7, 11) is 1.61. The van der Waals surface area contributed by atoms with Gasteiger partial charge in [0.15, 0.2) is 5.65 Å². The van der Waals surface area contributed by atoms with Crippen molar-refractivity contribution in [2.75, 3.05) is 18.6 Å². The molecule has 0 radical (unpaired) electrons. The van der Waals surface area contributed by atoms with Crippen LogP contribution >= 0.6 is 0 Å². The second kappa shape index (κ2) is 5.83. The second-order valence-corrected chi connectivity index (χ2v) is 7.73. The first kappa shape index (κ1) is 17.1. The zero-order chi connectivity index (χ0) is 19.3. The van der Waals surface area contributed by atoms with Crippen molar-refractivity contribution in [3.8, 4) is 17.1 Å². The molecule has 0 saturated carbocycles. The van der Waals surface area contributed by atoms with Crippen LogP contribution in [0.15, 0.2) is 18.3 Å². The Morgan fingerprint density at radius 3 is 2.67 bits per heavy atom. The van der Waals surface area contributed by atoms with Crippen LogP contribution in [-0.2, 0) is 6.54 Å². The van der Waals surface area contributed by atoms with Crippen molar-refractivity contribution in [2.24, 2.45) is 5.41 Å². The first-order valence-corrected chi connectivity index (χ1v) is 8.58. The Kier molecular flexibility index (Phi) is 3.69. The molecule has 27 heavy (non-hydrogen) atoms. The molecule has 4 aromatic heterocycles.